The third-order valence-corrected chi connectivity index (χ3v) is 0.556. The summed E-state index contributed by atoms with van der Waals surface area (Å²) in [6.45, 7) is 4.00. The Labute approximate surface area is 70.8 Å². The summed E-state index contributed by atoms with van der Waals surface area (Å²) in [5.74, 6) is 0. The molecule has 0 amide bonds. The van der Waals surface area contributed by atoms with E-state index >= 15 is 0 Å². The summed E-state index contributed by atoms with van der Waals surface area (Å²) in [6.07, 6.45) is 0. The molecule has 0 spiro atoms. The van der Waals surface area contributed by atoms with Crippen LogP contribution in [0.5, 0.6) is 0 Å². The molecule has 2 nitrogen and oxygen atoms in total. The Morgan fingerprint density at radius 2 is 1.20 bits per heavy atom. The summed E-state index contributed by atoms with van der Waals surface area (Å²) >= 11 is 0. The van der Waals surface area contributed by atoms with Gasteiger partial charge in [0.15, 0.2) is 0 Å². The van der Waals surface area contributed by atoms with Crippen molar-refractivity contribution in [2.75, 3.05) is 0 Å². The summed E-state index contributed by atoms with van der Waals surface area (Å²) in [6, 6.07) is 10.0. The first-order chi connectivity index (χ1) is 4.50. The van der Waals surface area contributed by atoms with Gasteiger partial charge in [-0.1, -0.05) is 0 Å². The molecule has 1 aromatic carbocycles. The summed E-state index contributed by atoms with van der Waals surface area (Å²) in [4.78, 5) is 16.0. The second kappa shape index (κ2) is 24.1. The van der Waals surface area contributed by atoms with E-state index in [4.69, 9.17) is 9.59 Å². The van der Waals surface area contributed by atoms with Crippen LogP contribution in [0.15, 0.2) is 30.3 Å². The Kier molecular flexibility index (Phi) is 38.8. The number of carbonyl (C=O) groups is 2. The molecule has 10 heavy (non-hydrogen) atoms. The molecule has 0 bridgehead atoms. The van der Waals surface area contributed by atoms with Gasteiger partial charge in [-0.05, 0) is 0 Å². The quantitative estimate of drug-likeness (QED) is 0.564. The van der Waals surface area contributed by atoms with Gasteiger partial charge in [-0.3, -0.25) is 0 Å². The Bertz CT molecular complexity index is 87.1. The zero-order valence-corrected chi connectivity index (χ0v) is 6.49. The van der Waals surface area contributed by atoms with Crippen molar-refractivity contribution >= 4 is 13.6 Å². The van der Waals surface area contributed by atoms with Gasteiger partial charge < -0.3 is 9.59 Å². The number of carbonyl (C=O) groups excluding carboxylic acids is 2. The molecular weight excluding hydrogens is 175 g/mol. The van der Waals surface area contributed by atoms with Gasteiger partial charge in [0.2, 0.25) is 0 Å². The molecule has 1 radical (unpaired) electrons. The van der Waals surface area contributed by atoms with E-state index in [-0.39, 0.29) is 16.8 Å². The minimum atomic E-state index is 0. The molecule has 3 heteroatoms. The maximum absolute atomic E-state index is 8.00. The van der Waals surface area contributed by atoms with Crippen LogP contribution in [-0.2, 0) is 26.4 Å². The average molecular weight is 184 g/mol. The van der Waals surface area contributed by atoms with E-state index in [9.17, 15) is 0 Å². The van der Waals surface area contributed by atoms with E-state index in [1.54, 1.807) is 0 Å². The maximum atomic E-state index is 8.00. The summed E-state index contributed by atoms with van der Waals surface area (Å²) < 4.78 is 0. The first-order valence-electron chi connectivity index (χ1n) is 2.24. The maximum Gasteiger partial charge on any atom is 0.106 e. The van der Waals surface area contributed by atoms with Crippen LogP contribution in [-0.4, -0.2) is 13.6 Å². The van der Waals surface area contributed by atoms with Crippen LogP contribution in [0.4, 0.5) is 0 Å². The molecule has 1 rings (SSSR count). The van der Waals surface area contributed by atoms with Crippen LogP contribution >= 0.6 is 0 Å². The zero-order chi connectivity index (χ0) is 7.54. The Morgan fingerprint density at radius 3 is 1.30 bits per heavy atom. The molecule has 0 saturated heterocycles. The molecule has 0 unspecified atom stereocenters. The van der Waals surface area contributed by atoms with Crippen LogP contribution in [0.1, 0.15) is 0 Å². The monoisotopic (exact) mass is 184 g/mol. The Hall–Kier alpha value is -0.804. The third-order valence-electron chi connectivity index (χ3n) is 0.556. The van der Waals surface area contributed by atoms with Gasteiger partial charge in [-0.2, -0.15) is 18.2 Å². The van der Waals surface area contributed by atoms with E-state index < -0.39 is 0 Å². The minimum Gasteiger partial charge on any atom is -0.307 e. The molecule has 0 aliphatic carbocycles. The van der Waals surface area contributed by atoms with Crippen molar-refractivity contribution < 1.29 is 26.4 Å². The molecule has 1 aromatic rings. The molecule has 0 atom stereocenters. The predicted octanol–water partition coefficient (Wildman–Crippen LogP) is 1.03. The summed E-state index contributed by atoms with van der Waals surface area (Å²) in [5, 5.41) is 0. The fourth-order valence-electron chi connectivity index (χ4n) is 0.321. The predicted molar refractivity (Wildman–Crippen MR) is 36.3 cm³/mol. The van der Waals surface area contributed by atoms with Crippen LogP contribution in [0.25, 0.3) is 0 Å². The van der Waals surface area contributed by atoms with Gasteiger partial charge in [0.05, 0.1) is 0 Å². The van der Waals surface area contributed by atoms with E-state index in [1.165, 1.54) is 0 Å². The zero-order valence-electron chi connectivity index (χ0n) is 5.45. The van der Waals surface area contributed by atoms with E-state index in [1.807, 2.05) is 43.9 Å². The summed E-state index contributed by atoms with van der Waals surface area (Å²) in [5.41, 5.74) is 0. The average Bonchev–Trinajstić information content (AvgIpc) is 2.51. The van der Waals surface area contributed by atoms with Crippen LogP contribution in [0.2, 0.25) is 0 Å². The van der Waals surface area contributed by atoms with E-state index in [0.717, 1.165) is 0 Å². The van der Waals surface area contributed by atoms with Crippen molar-refractivity contribution in [3.8, 4) is 0 Å². The fourth-order valence-corrected chi connectivity index (χ4v) is 0.321. The molecule has 0 fully saturated rings. The van der Waals surface area contributed by atoms with Gasteiger partial charge in [-0.25, -0.2) is 12.1 Å². The van der Waals surface area contributed by atoms with Crippen molar-refractivity contribution in [2.24, 2.45) is 0 Å². The van der Waals surface area contributed by atoms with Gasteiger partial charge in [0.1, 0.15) is 13.6 Å². The largest absolute Gasteiger partial charge is 0.307 e. The first kappa shape index (κ1) is 16.1. The normalized spacial score (nSPS) is 4.80. The SMILES string of the molecule is C=O.C=O.[Co].c1cc[cH-]c1. The topological polar surface area (TPSA) is 34.1 Å². The van der Waals surface area contributed by atoms with Crippen LogP contribution < -0.4 is 0 Å². The molecule has 0 N–H and O–H groups in total. The second-order valence-corrected chi connectivity index (χ2v) is 0.962. The molecular formula is C7H9CoO2-. The molecule has 0 aliphatic rings. The Morgan fingerprint density at radius 1 is 0.900 bits per heavy atom. The molecule has 0 aromatic heterocycles. The fraction of sp³-hybridized carbons (Fsp3) is 0. The van der Waals surface area contributed by atoms with E-state index in [2.05, 4.69) is 0 Å². The number of rotatable bonds is 0. The van der Waals surface area contributed by atoms with Crippen LogP contribution in [0, 0.1) is 0 Å². The Balaban J connectivity index is -0.0000000875. The van der Waals surface area contributed by atoms with Crippen molar-refractivity contribution in [1.82, 2.24) is 0 Å². The van der Waals surface area contributed by atoms with Crippen LogP contribution in [0.3, 0.4) is 0 Å². The second-order valence-electron chi connectivity index (χ2n) is 0.962. The van der Waals surface area contributed by atoms with E-state index in [0.29, 0.717) is 0 Å². The van der Waals surface area contributed by atoms with Crippen molar-refractivity contribution in [1.29, 1.82) is 0 Å². The van der Waals surface area contributed by atoms with Gasteiger partial charge in [-0.15, -0.1) is 0 Å². The standard InChI is InChI=1S/C5H5.2CH2O.Co/c1-2-4-5-3-1;2*1-2;/h1-5H;2*1H2;/q-1;;;. The minimum absolute atomic E-state index is 0. The molecule has 0 heterocycles. The summed E-state index contributed by atoms with van der Waals surface area (Å²) in [7, 11) is 0. The number of hydrogen-bond acceptors (Lipinski definition) is 2. The van der Waals surface area contributed by atoms with Crippen molar-refractivity contribution in [3.05, 3.63) is 30.3 Å². The van der Waals surface area contributed by atoms with Crippen molar-refractivity contribution in [3.63, 3.8) is 0 Å². The third kappa shape index (κ3) is 15.7. The van der Waals surface area contributed by atoms with Gasteiger partial charge in [0, 0.05) is 16.8 Å². The van der Waals surface area contributed by atoms with Gasteiger partial charge in [0.25, 0.3) is 0 Å². The molecule has 0 aliphatic heterocycles. The van der Waals surface area contributed by atoms with Gasteiger partial charge >= 0.3 is 0 Å². The first-order valence-corrected chi connectivity index (χ1v) is 2.24. The number of hydrogen-bond donors (Lipinski definition) is 0. The smallest absolute Gasteiger partial charge is 0.106 e. The van der Waals surface area contributed by atoms with Crippen molar-refractivity contribution in [2.45, 2.75) is 0 Å². The molecule has 59 valence electrons. The molecule has 0 saturated carbocycles.